The van der Waals surface area contributed by atoms with Crippen molar-refractivity contribution in [1.82, 2.24) is 14.8 Å². The maximum absolute atomic E-state index is 11.7. The number of fused-ring (bicyclic) bond motifs is 1. The molecule has 1 aromatic heterocycles. The Morgan fingerprint density at radius 1 is 1.28 bits per heavy atom. The van der Waals surface area contributed by atoms with Gasteiger partial charge in [-0.3, -0.25) is 4.79 Å². The van der Waals surface area contributed by atoms with Crippen molar-refractivity contribution in [3.8, 4) is 17.1 Å². The molecule has 0 spiro atoms. The number of aromatic nitrogens is 3. The molecule has 2 saturated carbocycles. The minimum Gasteiger partial charge on any atom is -0.492 e. The summed E-state index contributed by atoms with van der Waals surface area (Å²) in [5.41, 5.74) is 3.07. The van der Waals surface area contributed by atoms with Crippen LogP contribution in [0, 0.1) is 0 Å². The minimum atomic E-state index is -0.229. The van der Waals surface area contributed by atoms with Crippen molar-refractivity contribution in [2.75, 3.05) is 13.7 Å². The van der Waals surface area contributed by atoms with Gasteiger partial charge in [-0.1, -0.05) is 6.07 Å². The second kappa shape index (κ2) is 5.58. The molecule has 0 atom stereocenters. The lowest BCUT2D eigenvalue weighted by atomic mass is 10.0. The van der Waals surface area contributed by atoms with Crippen LogP contribution in [0.15, 0.2) is 12.1 Å². The molecule has 0 amide bonds. The van der Waals surface area contributed by atoms with E-state index in [-0.39, 0.29) is 12.4 Å². The molecular formula is C19H21N3O3. The number of ether oxygens (including phenoxy) is 2. The standard InChI is InChI=1S/C19H21N3O3/c1-24-16(23)10-11-8-13-6-7-25-17(13)15(9-11)19-21-20-18(12-2-3-12)22(19)14-4-5-14/h8-9,12,14H,2-7,10H2,1H3. The first kappa shape index (κ1) is 14.9. The van der Waals surface area contributed by atoms with Crippen LogP contribution in [0.3, 0.4) is 0 Å². The SMILES string of the molecule is COC(=O)Cc1cc2c(c(-c3nnc(C4CC4)n3C3CC3)c1)OCC2. The minimum absolute atomic E-state index is 0.229. The van der Waals surface area contributed by atoms with Crippen molar-refractivity contribution in [3.63, 3.8) is 0 Å². The monoisotopic (exact) mass is 339 g/mol. The van der Waals surface area contributed by atoms with Gasteiger partial charge in [-0.25, -0.2) is 0 Å². The number of hydrogen-bond donors (Lipinski definition) is 0. The van der Waals surface area contributed by atoms with Crippen molar-refractivity contribution in [1.29, 1.82) is 0 Å². The first-order valence-electron chi connectivity index (χ1n) is 9.05. The Bertz CT molecular complexity index is 850. The van der Waals surface area contributed by atoms with Gasteiger partial charge in [0.2, 0.25) is 0 Å². The van der Waals surface area contributed by atoms with E-state index >= 15 is 0 Å². The number of nitrogens with zero attached hydrogens (tertiary/aromatic N) is 3. The Morgan fingerprint density at radius 2 is 2.12 bits per heavy atom. The van der Waals surface area contributed by atoms with Crippen molar-refractivity contribution in [3.05, 3.63) is 29.1 Å². The molecule has 1 aliphatic heterocycles. The van der Waals surface area contributed by atoms with Crippen LogP contribution in [0.5, 0.6) is 5.75 Å². The highest BCUT2D eigenvalue weighted by Gasteiger charge is 2.37. The van der Waals surface area contributed by atoms with E-state index < -0.39 is 0 Å². The molecule has 130 valence electrons. The zero-order valence-electron chi connectivity index (χ0n) is 14.3. The maximum atomic E-state index is 11.7. The molecule has 2 heterocycles. The van der Waals surface area contributed by atoms with E-state index in [4.69, 9.17) is 9.47 Å². The molecule has 0 bridgehead atoms. The quantitative estimate of drug-likeness (QED) is 0.784. The van der Waals surface area contributed by atoms with E-state index in [0.29, 0.717) is 18.6 Å². The summed E-state index contributed by atoms with van der Waals surface area (Å²) in [6.45, 7) is 0.678. The van der Waals surface area contributed by atoms with Crippen molar-refractivity contribution >= 4 is 5.97 Å². The van der Waals surface area contributed by atoms with Crippen molar-refractivity contribution in [2.24, 2.45) is 0 Å². The summed E-state index contributed by atoms with van der Waals surface area (Å²) in [5, 5.41) is 9.06. The number of hydrogen-bond acceptors (Lipinski definition) is 5. The topological polar surface area (TPSA) is 66.2 Å². The molecule has 0 N–H and O–H groups in total. The average Bonchev–Trinajstić information content (AvgIpc) is 3.55. The summed E-state index contributed by atoms with van der Waals surface area (Å²) in [4.78, 5) is 11.7. The Kier molecular flexibility index (Phi) is 3.33. The molecule has 0 unspecified atom stereocenters. The first-order valence-corrected chi connectivity index (χ1v) is 9.05. The van der Waals surface area contributed by atoms with E-state index in [1.807, 2.05) is 6.07 Å². The molecule has 6 nitrogen and oxygen atoms in total. The van der Waals surface area contributed by atoms with Crippen LogP contribution >= 0.6 is 0 Å². The summed E-state index contributed by atoms with van der Waals surface area (Å²) in [7, 11) is 1.42. The fourth-order valence-electron chi connectivity index (χ4n) is 3.68. The van der Waals surface area contributed by atoms with Gasteiger partial charge in [0.25, 0.3) is 0 Å². The lowest BCUT2D eigenvalue weighted by Gasteiger charge is -2.13. The zero-order chi connectivity index (χ0) is 17.0. The van der Waals surface area contributed by atoms with Crippen LogP contribution in [0.2, 0.25) is 0 Å². The highest BCUT2D eigenvalue weighted by atomic mass is 16.5. The second-order valence-corrected chi connectivity index (χ2v) is 7.24. The van der Waals surface area contributed by atoms with Gasteiger partial charge in [0, 0.05) is 18.4 Å². The number of rotatable bonds is 5. The maximum Gasteiger partial charge on any atom is 0.309 e. The van der Waals surface area contributed by atoms with Gasteiger partial charge in [0.15, 0.2) is 5.82 Å². The fourth-order valence-corrected chi connectivity index (χ4v) is 3.68. The van der Waals surface area contributed by atoms with Crippen LogP contribution in [0.1, 0.15) is 54.6 Å². The van der Waals surface area contributed by atoms with E-state index in [0.717, 1.165) is 40.5 Å². The van der Waals surface area contributed by atoms with Gasteiger partial charge in [0.05, 0.1) is 25.7 Å². The Morgan fingerprint density at radius 3 is 2.84 bits per heavy atom. The van der Waals surface area contributed by atoms with Crippen LogP contribution < -0.4 is 4.74 Å². The fraction of sp³-hybridized carbons (Fsp3) is 0.526. The Hall–Kier alpha value is -2.37. The van der Waals surface area contributed by atoms with Gasteiger partial charge in [-0.05, 0) is 42.9 Å². The van der Waals surface area contributed by atoms with Crippen LogP contribution in [0.25, 0.3) is 11.4 Å². The molecular weight excluding hydrogens is 318 g/mol. The van der Waals surface area contributed by atoms with Gasteiger partial charge < -0.3 is 14.0 Å². The first-order chi connectivity index (χ1) is 12.2. The Balaban J connectivity index is 1.63. The van der Waals surface area contributed by atoms with Crippen LogP contribution in [-0.4, -0.2) is 34.5 Å². The number of benzene rings is 1. The molecule has 0 radical (unpaired) electrons. The van der Waals surface area contributed by atoms with Gasteiger partial charge in [0.1, 0.15) is 11.6 Å². The number of carbonyl (C=O) groups is 1. The average molecular weight is 339 g/mol. The molecule has 6 heteroatoms. The molecule has 0 saturated heterocycles. The third-order valence-corrected chi connectivity index (χ3v) is 5.24. The van der Waals surface area contributed by atoms with Crippen molar-refractivity contribution < 1.29 is 14.3 Å². The molecule has 2 aromatic rings. The normalized spacial score (nSPS) is 18.8. The second-order valence-electron chi connectivity index (χ2n) is 7.24. The van der Waals surface area contributed by atoms with Gasteiger partial charge >= 0.3 is 5.97 Å². The summed E-state index contributed by atoms with van der Waals surface area (Å²) < 4.78 is 13.1. The summed E-state index contributed by atoms with van der Waals surface area (Å²) in [5.74, 6) is 3.27. The van der Waals surface area contributed by atoms with E-state index in [1.165, 1.54) is 32.8 Å². The summed E-state index contributed by atoms with van der Waals surface area (Å²) in [6, 6.07) is 4.60. The molecule has 2 fully saturated rings. The third-order valence-electron chi connectivity index (χ3n) is 5.24. The number of carbonyl (C=O) groups excluding carboxylic acids is 1. The molecule has 2 aliphatic carbocycles. The molecule has 5 rings (SSSR count). The van der Waals surface area contributed by atoms with Crippen molar-refractivity contribution in [2.45, 2.75) is 50.5 Å². The predicted molar refractivity (Wildman–Crippen MR) is 90.6 cm³/mol. The highest BCUT2D eigenvalue weighted by Crippen LogP contribution is 2.48. The smallest absolute Gasteiger partial charge is 0.309 e. The van der Waals surface area contributed by atoms with Gasteiger partial charge in [-0.2, -0.15) is 0 Å². The molecule has 3 aliphatic rings. The zero-order valence-corrected chi connectivity index (χ0v) is 14.3. The predicted octanol–water partition coefficient (Wildman–Crippen LogP) is 2.81. The van der Waals surface area contributed by atoms with Crippen LogP contribution in [-0.2, 0) is 22.4 Å². The largest absolute Gasteiger partial charge is 0.492 e. The lowest BCUT2D eigenvalue weighted by molar-refractivity contribution is -0.139. The molecule has 1 aromatic carbocycles. The molecule has 25 heavy (non-hydrogen) atoms. The van der Waals surface area contributed by atoms with Crippen LogP contribution in [0.4, 0.5) is 0 Å². The van der Waals surface area contributed by atoms with E-state index in [9.17, 15) is 4.79 Å². The summed E-state index contributed by atoms with van der Waals surface area (Å²) in [6.07, 6.45) is 5.93. The highest BCUT2D eigenvalue weighted by molar-refractivity contribution is 5.76. The number of methoxy groups -OCH3 is 1. The summed E-state index contributed by atoms with van der Waals surface area (Å²) >= 11 is 0. The number of esters is 1. The van der Waals surface area contributed by atoms with E-state index in [1.54, 1.807) is 0 Å². The lowest BCUT2D eigenvalue weighted by Crippen LogP contribution is -2.06. The van der Waals surface area contributed by atoms with Gasteiger partial charge in [-0.15, -0.1) is 10.2 Å². The Labute approximate surface area is 146 Å². The van der Waals surface area contributed by atoms with E-state index in [2.05, 4.69) is 20.8 Å². The third kappa shape index (κ3) is 2.60.